The van der Waals surface area contributed by atoms with E-state index in [0.29, 0.717) is 11.5 Å². The topological polar surface area (TPSA) is 38.5 Å². The molecule has 3 nitrogen and oxygen atoms in total. The number of ether oxygens (including phenoxy) is 1. The first kappa shape index (κ1) is 16.3. The second-order valence-electron chi connectivity index (χ2n) is 8.61. The third kappa shape index (κ3) is 2.77. The van der Waals surface area contributed by atoms with Gasteiger partial charge in [0.25, 0.3) is 0 Å². The molecule has 2 rings (SSSR count). The molecule has 2 N–H and O–H groups in total. The molecule has 0 bridgehead atoms. The molecule has 1 aliphatic heterocycles. The Kier molecular flexibility index (Phi) is 4.27. The van der Waals surface area contributed by atoms with Gasteiger partial charge in [-0.2, -0.15) is 0 Å². The van der Waals surface area contributed by atoms with E-state index in [1.54, 1.807) is 0 Å². The van der Waals surface area contributed by atoms with Gasteiger partial charge in [0.1, 0.15) is 0 Å². The fourth-order valence-electron chi connectivity index (χ4n) is 3.86. The molecule has 1 aliphatic carbocycles. The van der Waals surface area contributed by atoms with Crippen molar-refractivity contribution in [1.82, 2.24) is 4.90 Å². The highest BCUT2D eigenvalue weighted by atomic mass is 16.5. The summed E-state index contributed by atoms with van der Waals surface area (Å²) in [5.74, 6) is 0.803. The van der Waals surface area contributed by atoms with Crippen LogP contribution in [0.3, 0.4) is 0 Å². The molecule has 0 aromatic heterocycles. The Morgan fingerprint density at radius 2 is 1.95 bits per heavy atom. The number of hydrogen-bond donors (Lipinski definition) is 1. The average Bonchev–Trinajstić information content (AvgIpc) is 2.77. The van der Waals surface area contributed by atoms with Gasteiger partial charge in [0.05, 0.1) is 6.10 Å². The van der Waals surface area contributed by atoms with Crippen molar-refractivity contribution >= 4 is 0 Å². The molecule has 0 radical (unpaired) electrons. The van der Waals surface area contributed by atoms with Gasteiger partial charge in [0.2, 0.25) is 0 Å². The quantitative estimate of drug-likeness (QED) is 0.861. The maximum atomic E-state index is 6.71. The van der Waals surface area contributed by atoms with Crippen molar-refractivity contribution in [3.8, 4) is 0 Å². The van der Waals surface area contributed by atoms with Crippen LogP contribution in [0.1, 0.15) is 54.4 Å². The fourth-order valence-corrected chi connectivity index (χ4v) is 3.86. The summed E-state index contributed by atoms with van der Waals surface area (Å²) in [7, 11) is 0. The molecule has 3 atom stereocenters. The molecule has 0 amide bonds. The molecule has 0 spiro atoms. The number of likely N-dealkylation sites (tertiary alicyclic amines) is 1. The van der Waals surface area contributed by atoms with Gasteiger partial charge in [-0.1, -0.05) is 34.6 Å². The molecule has 1 saturated carbocycles. The van der Waals surface area contributed by atoms with Gasteiger partial charge in [0.15, 0.2) is 0 Å². The Labute approximate surface area is 125 Å². The lowest BCUT2D eigenvalue weighted by Gasteiger charge is -2.60. The van der Waals surface area contributed by atoms with E-state index in [2.05, 4.69) is 46.4 Å². The van der Waals surface area contributed by atoms with E-state index in [1.807, 2.05) is 0 Å². The summed E-state index contributed by atoms with van der Waals surface area (Å²) in [6, 6.07) is 0. The molecule has 1 saturated heterocycles. The summed E-state index contributed by atoms with van der Waals surface area (Å²) in [4.78, 5) is 2.58. The van der Waals surface area contributed by atoms with Gasteiger partial charge in [-0.25, -0.2) is 0 Å². The molecule has 2 aliphatic rings. The lowest BCUT2D eigenvalue weighted by molar-refractivity contribution is -0.155. The van der Waals surface area contributed by atoms with Crippen molar-refractivity contribution in [1.29, 1.82) is 0 Å². The van der Waals surface area contributed by atoms with Crippen LogP contribution in [-0.2, 0) is 4.74 Å². The van der Waals surface area contributed by atoms with Crippen molar-refractivity contribution in [3.05, 3.63) is 0 Å². The lowest BCUT2D eigenvalue weighted by Crippen LogP contribution is -2.73. The van der Waals surface area contributed by atoms with Crippen LogP contribution >= 0.6 is 0 Å². The predicted molar refractivity (Wildman–Crippen MR) is 84.7 cm³/mol. The van der Waals surface area contributed by atoms with Crippen LogP contribution in [0, 0.1) is 16.7 Å². The van der Waals surface area contributed by atoms with E-state index in [-0.39, 0.29) is 11.0 Å². The highest BCUT2D eigenvalue weighted by Gasteiger charge is 2.59. The third-order valence-corrected chi connectivity index (χ3v) is 6.01. The smallest absolute Gasteiger partial charge is 0.0662 e. The van der Waals surface area contributed by atoms with Crippen molar-refractivity contribution in [2.75, 3.05) is 26.2 Å². The molecule has 118 valence electrons. The standard InChI is InChI=1S/C17H34N2O/c1-7-20-14-10-17(18,16(14,5)6)12-19-9-8-13(11-19)15(2,3)4/h13-14H,7-12,18H2,1-6H3. The highest BCUT2D eigenvalue weighted by molar-refractivity contribution is 5.15. The first-order valence-electron chi connectivity index (χ1n) is 8.23. The highest BCUT2D eigenvalue weighted by Crippen LogP contribution is 2.50. The first-order chi connectivity index (χ1) is 9.10. The normalized spacial score (nSPS) is 38.0. The van der Waals surface area contributed by atoms with Crippen LogP contribution in [0.2, 0.25) is 0 Å². The molecular weight excluding hydrogens is 248 g/mol. The molecule has 3 unspecified atom stereocenters. The maximum Gasteiger partial charge on any atom is 0.0662 e. The number of hydrogen-bond acceptors (Lipinski definition) is 3. The fraction of sp³-hybridized carbons (Fsp3) is 1.00. The minimum absolute atomic E-state index is 0.0837. The minimum Gasteiger partial charge on any atom is -0.378 e. The Balaban J connectivity index is 1.92. The molecule has 1 heterocycles. The van der Waals surface area contributed by atoms with Crippen molar-refractivity contribution in [2.24, 2.45) is 22.5 Å². The Hall–Kier alpha value is -0.120. The van der Waals surface area contributed by atoms with Gasteiger partial charge in [-0.3, -0.25) is 0 Å². The molecule has 0 aromatic carbocycles. The van der Waals surface area contributed by atoms with Crippen molar-refractivity contribution in [3.63, 3.8) is 0 Å². The van der Waals surface area contributed by atoms with E-state index in [4.69, 9.17) is 10.5 Å². The van der Waals surface area contributed by atoms with Crippen LogP contribution in [0.25, 0.3) is 0 Å². The molecule has 20 heavy (non-hydrogen) atoms. The summed E-state index contributed by atoms with van der Waals surface area (Å²) >= 11 is 0. The number of rotatable bonds is 4. The zero-order chi connectivity index (χ0) is 15.2. The molecule has 2 fully saturated rings. The Morgan fingerprint density at radius 3 is 2.40 bits per heavy atom. The average molecular weight is 282 g/mol. The van der Waals surface area contributed by atoms with Crippen LogP contribution in [0.15, 0.2) is 0 Å². The summed E-state index contributed by atoms with van der Waals surface area (Å²) < 4.78 is 5.83. The van der Waals surface area contributed by atoms with Crippen LogP contribution in [0.5, 0.6) is 0 Å². The summed E-state index contributed by atoms with van der Waals surface area (Å²) in [5.41, 5.74) is 7.13. The first-order valence-corrected chi connectivity index (χ1v) is 8.23. The number of nitrogens with two attached hydrogens (primary N) is 1. The Bertz CT molecular complexity index is 347. The number of nitrogens with zero attached hydrogens (tertiary/aromatic N) is 1. The predicted octanol–water partition coefficient (Wildman–Crippen LogP) is 2.89. The molecule has 3 heteroatoms. The zero-order valence-electron chi connectivity index (χ0n) is 14.3. The van der Waals surface area contributed by atoms with Crippen molar-refractivity contribution in [2.45, 2.75) is 66.0 Å². The van der Waals surface area contributed by atoms with E-state index in [9.17, 15) is 0 Å². The van der Waals surface area contributed by atoms with E-state index < -0.39 is 0 Å². The maximum absolute atomic E-state index is 6.71. The van der Waals surface area contributed by atoms with Gasteiger partial charge >= 0.3 is 0 Å². The SMILES string of the molecule is CCOC1CC(N)(CN2CCC(C(C)(C)C)C2)C1(C)C. The van der Waals surface area contributed by atoms with Gasteiger partial charge in [-0.05, 0) is 37.6 Å². The van der Waals surface area contributed by atoms with Crippen molar-refractivity contribution < 1.29 is 4.74 Å². The van der Waals surface area contributed by atoms with E-state index in [0.717, 1.165) is 25.5 Å². The lowest BCUT2D eigenvalue weighted by atomic mass is 9.54. The van der Waals surface area contributed by atoms with Crippen LogP contribution in [0.4, 0.5) is 0 Å². The largest absolute Gasteiger partial charge is 0.378 e. The van der Waals surface area contributed by atoms with E-state index in [1.165, 1.54) is 19.5 Å². The molecule has 0 aromatic rings. The second kappa shape index (κ2) is 5.26. The summed E-state index contributed by atoms with van der Waals surface area (Å²) in [6.07, 6.45) is 2.65. The summed E-state index contributed by atoms with van der Waals surface area (Å²) in [5, 5.41) is 0. The Morgan fingerprint density at radius 1 is 1.30 bits per heavy atom. The van der Waals surface area contributed by atoms with E-state index >= 15 is 0 Å². The van der Waals surface area contributed by atoms with Gasteiger partial charge in [0, 0.05) is 30.7 Å². The van der Waals surface area contributed by atoms with Crippen LogP contribution in [-0.4, -0.2) is 42.8 Å². The van der Waals surface area contributed by atoms with Crippen LogP contribution < -0.4 is 5.73 Å². The van der Waals surface area contributed by atoms with Gasteiger partial charge < -0.3 is 15.4 Å². The minimum atomic E-state index is -0.0837. The van der Waals surface area contributed by atoms with Gasteiger partial charge in [-0.15, -0.1) is 0 Å². The summed E-state index contributed by atoms with van der Waals surface area (Å²) in [6.45, 7) is 17.9. The second-order valence-corrected chi connectivity index (χ2v) is 8.61. The monoisotopic (exact) mass is 282 g/mol. The molecular formula is C17H34N2O. The zero-order valence-corrected chi connectivity index (χ0v) is 14.3. The third-order valence-electron chi connectivity index (χ3n) is 6.01.